The van der Waals surface area contributed by atoms with Crippen molar-refractivity contribution in [3.05, 3.63) is 62.8 Å². The minimum Gasteiger partial charge on any atom is -0.490 e. The van der Waals surface area contributed by atoms with Gasteiger partial charge >= 0.3 is 5.97 Å². The average molecular weight is 472 g/mol. The molecular weight excluding hydrogens is 450 g/mol. The number of carbonyl (C=O) groups is 2. The van der Waals surface area contributed by atoms with E-state index < -0.39 is 5.97 Å². The molecule has 1 atom stereocenters. The van der Waals surface area contributed by atoms with Crippen LogP contribution < -0.4 is 14.8 Å². The number of hydrogen-bond donors (Lipinski definition) is 2. The van der Waals surface area contributed by atoms with E-state index in [1.54, 1.807) is 24.3 Å². The minimum atomic E-state index is -1.04. The molecule has 0 bridgehead atoms. The molecule has 6 nitrogen and oxygen atoms in total. The molecule has 4 rings (SSSR count). The highest BCUT2D eigenvalue weighted by molar-refractivity contribution is 7.15. The Kier molecular flexibility index (Phi) is 6.39. The molecule has 1 amide bonds. The van der Waals surface area contributed by atoms with E-state index in [1.807, 2.05) is 32.0 Å². The van der Waals surface area contributed by atoms with Crippen LogP contribution in [0.25, 0.3) is 11.1 Å². The highest BCUT2D eigenvalue weighted by Gasteiger charge is 2.34. The molecule has 1 aliphatic heterocycles. The molecule has 0 saturated heterocycles. The summed E-state index contributed by atoms with van der Waals surface area (Å²) < 4.78 is 11.4. The first kappa shape index (κ1) is 22.2. The molecule has 0 radical (unpaired) electrons. The summed E-state index contributed by atoms with van der Waals surface area (Å²) in [5, 5.41) is 13.4. The molecule has 2 aromatic carbocycles. The Hall–Kier alpha value is -3.03. The van der Waals surface area contributed by atoms with E-state index in [4.69, 9.17) is 21.1 Å². The standard InChI is InChI=1S/C24H22ClNO5S/c1-3-30-17-10-7-14(11-18(17)31-4-2)16-12-19(27)26-21-20(13-5-8-15(25)9-6-13)23(24(28)29)32-22(16)21/h5-11,16H,3-4,12H2,1-2H3,(H,26,27)(H,28,29)/t16-/m1/s1. The predicted octanol–water partition coefficient (Wildman–Crippen LogP) is 6.04. The van der Waals surface area contributed by atoms with Gasteiger partial charge in [0.2, 0.25) is 5.91 Å². The van der Waals surface area contributed by atoms with Crippen LogP contribution >= 0.6 is 22.9 Å². The zero-order chi connectivity index (χ0) is 22.8. The number of hydrogen-bond acceptors (Lipinski definition) is 5. The molecule has 0 aliphatic carbocycles. The number of aromatic carboxylic acids is 1. The van der Waals surface area contributed by atoms with Crippen molar-refractivity contribution in [3.8, 4) is 22.6 Å². The van der Waals surface area contributed by atoms with Gasteiger partial charge in [0.05, 0.1) is 18.9 Å². The SMILES string of the molecule is CCOc1ccc([C@H]2CC(=O)Nc3c2sc(C(=O)O)c3-c2ccc(Cl)cc2)cc1OCC. The van der Waals surface area contributed by atoms with E-state index in [2.05, 4.69) is 5.32 Å². The Morgan fingerprint density at radius 1 is 1.12 bits per heavy atom. The van der Waals surface area contributed by atoms with Crippen LogP contribution in [0, 0.1) is 0 Å². The Morgan fingerprint density at radius 3 is 2.47 bits per heavy atom. The largest absolute Gasteiger partial charge is 0.490 e. The zero-order valence-electron chi connectivity index (χ0n) is 17.6. The molecule has 2 N–H and O–H groups in total. The molecular formula is C24H22ClNO5S. The van der Waals surface area contributed by atoms with Crippen LogP contribution in [0.5, 0.6) is 11.5 Å². The first-order chi connectivity index (χ1) is 15.4. The number of thiophene rings is 1. The number of carbonyl (C=O) groups excluding carboxylic acids is 1. The molecule has 1 aliphatic rings. The molecule has 0 saturated carbocycles. The number of benzene rings is 2. The van der Waals surface area contributed by atoms with Gasteiger partial charge in [-0.05, 0) is 49.2 Å². The van der Waals surface area contributed by atoms with Crippen LogP contribution in [-0.4, -0.2) is 30.2 Å². The molecule has 8 heteroatoms. The number of carboxylic acids is 1. The smallest absolute Gasteiger partial charge is 0.346 e. The van der Waals surface area contributed by atoms with Crippen molar-refractivity contribution in [2.24, 2.45) is 0 Å². The first-order valence-electron chi connectivity index (χ1n) is 10.3. The second-order valence-corrected chi connectivity index (χ2v) is 8.72. The van der Waals surface area contributed by atoms with Crippen molar-refractivity contribution < 1.29 is 24.2 Å². The Balaban J connectivity index is 1.86. The van der Waals surface area contributed by atoms with E-state index in [0.717, 1.165) is 10.4 Å². The van der Waals surface area contributed by atoms with Crippen LogP contribution in [0.2, 0.25) is 5.02 Å². The van der Waals surface area contributed by atoms with Gasteiger partial charge in [-0.3, -0.25) is 4.79 Å². The lowest BCUT2D eigenvalue weighted by molar-refractivity contribution is -0.116. The quantitative estimate of drug-likeness (QED) is 0.439. The van der Waals surface area contributed by atoms with E-state index in [0.29, 0.717) is 46.5 Å². The summed E-state index contributed by atoms with van der Waals surface area (Å²) in [5.74, 6) is -0.258. The van der Waals surface area contributed by atoms with Crippen molar-refractivity contribution in [2.45, 2.75) is 26.2 Å². The average Bonchev–Trinajstić information content (AvgIpc) is 3.15. The van der Waals surface area contributed by atoms with Crippen LogP contribution in [0.3, 0.4) is 0 Å². The van der Waals surface area contributed by atoms with Gasteiger partial charge in [-0.25, -0.2) is 4.79 Å². The third kappa shape index (κ3) is 4.18. The lowest BCUT2D eigenvalue weighted by Crippen LogP contribution is -2.22. The van der Waals surface area contributed by atoms with E-state index in [-0.39, 0.29) is 23.1 Å². The molecule has 2 heterocycles. The second-order valence-electron chi connectivity index (χ2n) is 7.23. The van der Waals surface area contributed by atoms with E-state index >= 15 is 0 Å². The molecule has 0 spiro atoms. The Morgan fingerprint density at radius 2 is 1.81 bits per heavy atom. The summed E-state index contributed by atoms with van der Waals surface area (Å²) in [4.78, 5) is 25.8. The van der Waals surface area contributed by atoms with Crippen molar-refractivity contribution in [3.63, 3.8) is 0 Å². The van der Waals surface area contributed by atoms with Crippen LogP contribution in [-0.2, 0) is 4.79 Å². The minimum absolute atomic E-state index is 0.167. The van der Waals surface area contributed by atoms with Crippen molar-refractivity contribution in [2.75, 3.05) is 18.5 Å². The number of amides is 1. The monoisotopic (exact) mass is 471 g/mol. The molecule has 32 heavy (non-hydrogen) atoms. The van der Waals surface area contributed by atoms with Gasteiger partial charge in [-0.2, -0.15) is 0 Å². The maximum absolute atomic E-state index is 12.7. The van der Waals surface area contributed by atoms with Crippen molar-refractivity contribution >= 4 is 40.5 Å². The normalized spacial score (nSPS) is 15.1. The Labute approximate surface area is 194 Å². The number of carboxylic acid groups (broad SMARTS) is 1. The predicted molar refractivity (Wildman–Crippen MR) is 126 cm³/mol. The summed E-state index contributed by atoms with van der Waals surface area (Å²) in [6, 6.07) is 12.5. The maximum atomic E-state index is 12.7. The lowest BCUT2D eigenvalue weighted by Gasteiger charge is -2.24. The summed E-state index contributed by atoms with van der Waals surface area (Å²) in [6.45, 7) is 4.78. The molecule has 3 aromatic rings. The third-order valence-electron chi connectivity index (χ3n) is 5.20. The summed E-state index contributed by atoms with van der Waals surface area (Å²) >= 11 is 7.20. The number of nitrogens with one attached hydrogen (secondary N) is 1. The zero-order valence-corrected chi connectivity index (χ0v) is 19.2. The van der Waals surface area contributed by atoms with E-state index in [9.17, 15) is 14.7 Å². The number of halogens is 1. The fraction of sp³-hybridized carbons (Fsp3) is 0.250. The van der Waals surface area contributed by atoms with Gasteiger partial charge < -0.3 is 19.9 Å². The molecule has 0 unspecified atom stereocenters. The van der Waals surface area contributed by atoms with Crippen LogP contribution in [0.1, 0.15) is 46.3 Å². The molecule has 1 aromatic heterocycles. The Bertz CT molecular complexity index is 1170. The second kappa shape index (κ2) is 9.22. The highest BCUT2D eigenvalue weighted by atomic mass is 35.5. The number of ether oxygens (including phenoxy) is 2. The topological polar surface area (TPSA) is 84.9 Å². The van der Waals surface area contributed by atoms with Gasteiger partial charge in [0, 0.05) is 27.8 Å². The van der Waals surface area contributed by atoms with Crippen molar-refractivity contribution in [1.82, 2.24) is 0 Å². The number of anilines is 1. The van der Waals surface area contributed by atoms with Gasteiger partial charge in [0.1, 0.15) is 4.88 Å². The first-order valence-corrected chi connectivity index (χ1v) is 11.5. The van der Waals surface area contributed by atoms with Crippen LogP contribution in [0.15, 0.2) is 42.5 Å². The van der Waals surface area contributed by atoms with Crippen LogP contribution in [0.4, 0.5) is 5.69 Å². The lowest BCUT2D eigenvalue weighted by atomic mass is 9.88. The summed E-state index contributed by atoms with van der Waals surface area (Å²) in [6.07, 6.45) is 0.214. The highest BCUT2D eigenvalue weighted by Crippen LogP contribution is 2.50. The van der Waals surface area contributed by atoms with Gasteiger partial charge in [0.15, 0.2) is 11.5 Å². The van der Waals surface area contributed by atoms with Gasteiger partial charge in [-0.1, -0.05) is 29.8 Å². The fourth-order valence-electron chi connectivity index (χ4n) is 3.88. The third-order valence-corrected chi connectivity index (χ3v) is 6.75. The maximum Gasteiger partial charge on any atom is 0.346 e. The summed E-state index contributed by atoms with van der Waals surface area (Å²) in [7, 11) is 0. The van der Waals surface area contributed by atoms with Gasteiger partial charge in [0.25, 0.3) is 0 Å². The number of fused-ring (bicyclic) bond motifs is 1. The van der Waals surface area contributed by atoms with Gasteiger partial charge in [-0.15, -0.1) is 11.3 Å². The molecule has 0 fully saturated rings. The van der Waals surface area contributed by atoms with E-state index in [1.165, 1.54) is 11.3 Å². The summed E-state index contributed by atoms with van der Waals surface area (Å²) in [5.41, 5.74) is 2.60. The number of rotatable bonds is 7. The molecule has 166 valence electrons. The van der Waals surface area contributed by atoms with Crippen molar-refractivity contribution in [1.29, 1.82) is 0 Å². The fourth-order valence-corrected chi connectivity index (χ4v) is 5.26.